The summed E-state index contributed by atoms with van der Waals surface area (Å²) in [6.07, 6.45) is 2.18. The van der Waals surface area contributed by atoms with Gasteiger partial charge in [0.1, 0.15) is 5.82 Å². The molecule has 82 valence electrons. The molecule has 1 aliphatic carbocycles. The van der Waals surface area contributed by atoms with Gasteiger partial charge < -0.3 is 10.4 Å². The van der Waals surface area contributed by atoms with Crippen LogP contribution in [0.4, 0.5) is 4.39 Å². The van der Waals surface area contributed by atoms with Crippen LogP contribution in [-0.2, 0) is 0 Å². The van der Waals surface area contributed by atoms with Crippen molar-refractivity contribution in [3.05, 3.63) is 35.6 Å². The fourth-order valence-electron chi connectivity index (χ4n) is 2.06. The standard InChI is InChI=1S/C12H16FNO/c13-11-3-1-9(2-4-11)10-7-12(8-10)14-5-6-15/h1-4,10,12,14-15H,5-8H2. The molecular formula is C12H16FNO. The van der Waals surface area contributed by atoms with E-state index in [0.29, 0.717) is 18.5 Å². The molecule has 0 saturated heterocycles. The van der Waals surface area contributed by atoms with E-state index in [4.69, 9.17) is 5.11 Å². The van der Waals surface area contributed by atoms with Crippen LogP contribution in [0.15, 0.2) is 24.3 Å². The van der Waals surface area contributed by atoms with E-state index in [1.165, 1.54) is 17.7 Å². The quantitative estimate of drug-likeness (QED) is 0.790. The second-order valence-electron chi connectivity index (χ2n) is 4.09. The minimum Gasteiger partial charge on any atom is -0.395 e. The Hall–Kier alpha value is -0.930. The van der Waals surface area contributed by atoms with Gasteiger partial charge in [-0.2, -0.15) is 0 Å². The molecule has 3 heteroatoms. The van der Waals surface area contributed by atoms with Gasteiger partial charge in [0, 0.05) is 12.6 Å². The van der Waals surface area contributed by atoms with Gasteiger partial charge in [0.15, 0.2) is 0 Å². The summed E-state index contributed by atoms with van der Waals surface area (Å²) in [7, 11) is 0. The molecule has 0 bridgehead atoms. The van der Waals surface area contributed by atoms with Crippen molar-refractivity contribution in [3.63, 3.8) is 0 Å². The first-order valence-electron chi connectivity index (χ1n) is 5.39. The highest BCUT2D eigenvalue weighted by molar-refractivity contribution is 5.23. The van der Waals surface area contributed by atoms with E-state index in [9.17, 15) is 4.39 Å². The molecule has 0 aliphatic heterocycles. The van der Waals surface area contributed by atoms with Crippen molar-refractivity contribution in [1.29, 1.82) is 0 Å². The normalized spacial score (nSPS) is 24.9. The molecule has 2 N–H and O–H groups in total. The van der Waals surface area contributed by atoms with Crippen LogP contribution in [0.3, 0.4) is 0 Å². The SMILES string of the molecule is OCCNC1CC(c2ccc(F)cc2)C1. The molecule has 0 atom stereocenters. The van der Waals surface area contributed by atoms with Gasteiger partial charge in [0.05, 0.1) is 6.61 Å². The average Bonchev–Trinajstić information content (AvgIpc) is 2.18. The van der Waals surface area contributed by atoms with Crippen LogP contribution >= 0.6 is 0 Å². The van der Waals surface area contributed by atoms with E-state index in [-0.39, 0.29) is 12.4 Å². The number of halogens is 1. The monoisotopic (exact) mass is 209 g/mol. The zero-order chi connectivity index (χ0) is 10.7. The molecule has 1 fully saturated rings. The molecule has 15 heavy (non-hydrogen) atoms. The zero-order valence-electron chi connectivity index (χ0n) is 8.62. The van der Waals surface area contributed by atoms with Gasteiger partial charge in [-0.25, -0.2) is 4.39 Å². The topological polar surface area (TPSA) is 32.3 Å². The minimum atomic E-state index is -0.173. The Morgan fingerprint density at radius 1 is 1.27 bits per heavy atom. The lowest BCUT2D eigenvalue weighted by Crippen LogP contribution is -2.41. The predicted octanol–water partition coefficient (Wildman–Crippen LogP) is 1.65. The number of hydrogen-bond donors (Lipinski definition) is 2. The molecule has 1 aromatic carbocycles. The number of nitrogens with one attached hydrogen (secondary N) is 1. The van der Waals surface area contributed by atoms with Gasteiger partial charge in [-0.3, -0.25) is 0 Å². The van der Waals surface area contributed by atoms with Crippen LogP contribution in [-0.4, -0.2) is 24.3 Å². The number of rotatable bonds is 4. The van der Waals surface area contributed by atoms with E-state index in [1.807, 2.05) is 12.1 Å². The number of benzene rings is 1. The van der Waals surface area contributed by atoms with E-state index in [2.05, 4.69) is 5.32 Å². The van der Waals surface area contributed by atoms with Crippen molar-refractivity contribution >= 4 is 0 Å². The third-order valence-corrected chi connectivity index (χ3v) is 3.02. The van der Waals surface area contributed by atoms with Gasteiger partial charge in [-0.15, -0.1) is 0 Å². The van der Waals surface area contributed by atoms with Crippen molar-refractivity contribution in [2.75, 3.05) is 13.2 Å². The summed E-state index contributed by atoms with van der Waals surface area (Å²) in [4.78, 5) is 0. The molecule has 0 heterocycles. The summed E-state index contributed by atoms with van der Waals surface area (Å²) in [5.41, 5.74) is 1.22. The van der Waals surface area contributed by atoms with Crippen LogP contribution in [0.5, 0.6) is 0 Å². The summed E-state index contributed by atoms with van der Waals surface area (Å²) in [5, 5.41) is 11.9. The lowest BCUT2D eigenvalue weighted by atomic mass is 9.76. The first-order valence-corrected chi connectivity index (χ1v) is 5.39. The lowest BCUT2D eigenvalue weighted by Gasteiger charge is -2.36. The zero-order valence-corrected chi connectivity index (χ0v) is 8.62. The van der Waals surface area contributed by atoms with Crippen LogP contribution in [0.25, 0.3) is 0 Å². The van der Waals surface area contributed by atoms with Crippen LogP contribution in [0.2, 0.25) is 0 Å². The van der Waals surface area contributed by atoms with Gasteiger partial charge in [-0.1, -0.05) is 12.1 Å². The first kappa shape index (κ1) is 10.6. The summed E-state index contributed by atoms with van der Waals surface area (Å²) in [6.45, 7) is 0.860. The molecule has 0 spiro atoms. The van der Waals surface area contributed by atoms with Crippen molar-refractivity contribution in [1.82, 2.24) is 5.32 Å². The molecule has 0 aromatic heterocycles. The Morgan fingerprint density at radius 3 is 2.53 bits per heavy atom. The van der Waals surface area contributed by atoms with Crippen LogP contribution in [0, 0.1) is 5.82 Å². The number of aliphatic hydroxyl groups excluding tert-OH is 1. The van der Waals surface area contributed by atoms with E-state index < -0.39 is 0 Å². The largest absolute Gasteiger partial charge is 0.395 e. The van der Waals surface area contributed by atoms with E-state index in [1.54, 1.807) is 0 Å². The van der Waals surface area contributed by atoms with Gasteiger partial charge in [0.2, 0.25) is 0 Å². The molecule has 2 nitrogen and oxygen atoms in total. The Kier molecular flexibility index (Phi) is 3.34. The number of aliphatic hydroxyl groups is 1. The maximum Gasteiger partial charge on any atom is 0.123 e. The predicted molar refractivity (Wildman–Crippen MR) is 57.3 cm³/mol. The molecule has 0 amide bonds. The van der Waals surface area contributed by atoms with Gasteiger partial charge >= 0.3 is 0 Å². The number of hydrogen-bond acceptors (Lipinski definition) is 2. The average molecular weight is 209 g/mol. The molecule has 1 saturated carbocycles. The second-order valence-corrected chi connectivity index (χ2v) is 4.09. The molecular weight excluding hydrogens is 193 g/mol. The molecule has 0 unspecified atom stereocenters. The summed E-state index contributed by atoms with van der Waals surface area (Å²) in [6, 6.07) is 7.28. The van der Waals surface area contributed by atoms with Gasteiger partial charge in [0.25, 0.3) is 0 Å². The van der Waals surface area contributed by atoms with Crippen molar-refractivity contribution in [2.45, 2.75) is 24.8 Å². The lowest BCUT2D eigenvalue weighted by molar-refractivity contribution is 0.244. The Balaban J connectivity index is 1.81. The van der Waals surface area contributed by atoms with Crippen molar-refractivity contribution in [2.24, 2.45) is 0 Å². The molecule has 1 aromatic rings. The first-order chi connectivity index (χ1) is 7.29. The molecule has 2 rings (SSSR count). The third-order valence-electron chi connectivity index (χ3n) is 3.02. The molecule has 0 radical (unpaired) electrons. The summed E-state index contributed by atoms with van der Waals surface area (Å²) >= 11 is 0. The second kappa shape index (κ2) is 4.73. The Bertz CT molecular complexity index is 306. The summed E-state index contributed by atoms with van der Waals surface area (Å²) in [5.74, 6) is 0.384. The van der Waals surface area contributed by atoms with Crippen molar-refractivity contribution < 1.29 is 9.50 Å². The Morgan fingerprint density at radius 2 is 1.93 bits per heavy atom. The summed E-state index contributed by atoms with van der Waals surface area (Å²) < 4.78 is 12.7. The minimum absolute atomic E-state index is 0.173. The smallest absolute Gasteiger partial charge is 0.123 e. The highest BCUT2D eigenvalue weighted by atomic mass is 19.1. The van der Waals surface area contributed by atoms with Crippen LogP contribution < -0.4 is 5.32 Å². The van der Waals surface area contributed by atoms with Crippen LogP contribution in [0.1, 0.15) is 24.3 Å². The van der Waals surface area contributed by atoms with E-state index in [0.717, 1.165) is 12.8 Å². The fourth-order valence-corrected chi connectivity index (χ4v) is 2.06. The third kappa shape index (κ3) is 2.55. The highest BCUT2D eigenvalue weighted by Crippen LogP contribution is 2.36. The van der Waals surface area contributed by atoms with Gasteiger partial charge in [-0.05, 0) is 36.5 Å². The fraction of sp³-hybridized carbons (Fsp3) is 0.500. The Labute approximate surface area is 89.1 Å². The molecule has 1 aliphatic rings. The van der Waals surface area contributed by atoms with Crippen molar-refractivity contribution in [3.8, 4) is 0 Å². The maximum atomic E-state index is 12.7. The highest BCUT2D eigenvalue weighted by Gasteiger charge is 2.29. The van der Waals surface area contributed by atoms with E-state index >= 15 is 0 Å². The maximum absolute atomic E-state index is 12.7.